The van der Waals surface area contributed by atoms with E-state index in [1.165, 1.54) is 17.8 Å². The molecule has 0 saturated heterocycles. The minimum atomic E-state index is -0.229. The van der Waals surface area contributed by atoms with Crippen LogP contribution in [0.1, 0.15) is 12.5 Å². The Labute approximate surface area is 204 Å². The van der Waals surface area contributed by atoms with E-state index in [1.54, 1.807) is 6.07 Å². The van der Waals surface area contributed by atoms with Crippen molar-refractivity contribution in [2.45, 2.75) is 24.4 Å². The summed E-state index contributed by atoms with van der Waals surface area (Å²) >= 11 is 4.79. The number of pyridine rings is 1. The lowest BCUT2D eigenvalue weighted by Gasteiger charge is -2.12. The molecule has 0 saturated carbocycles. The largest absolute Gasteiger partial charge is 0.302 e. The highest BCUT2D eigenvalue weighted by atomic mass is 79.9. The minimum absolute atomic E-state index is 0.229. The fourth-order valence-electron chi connectivity index (χ4n) is 3.78. The third-order valence-corrected chi connectivity index (χ3v) is 6.94. The standard InChI is InChI=1S/C26H20BrFN4S/c1-2-32-25(30-31-26(32)33-16-18-12-13-19(27)14-22(18)28)21-15-24(17-8-4-3-5-9-17)29-23-11-7-6-10-20(21)23/h3-15H,2,16H2,1H3. The van der Waals surface area contributed by atoms with Crippen molar-refractivity contribution in [3.63, 3.8) is 0 Å². The monoisotopic (exact) mass is 518 g/mol. The number of para-hydroxylation sites is 1. The van der Waals surface area contributed by atoms with E-state index < -0.39 is 0 Å². The lowest BCUT2D eigenvalue weighted by molar-refractivity contribution is 0.616. The molecule has 5 rings (SSSR count). The van der Waals surface area contributed by atoms with Crippen molar-refractivity contribution in [3.05, 3.63) is 94.7 Å². The van der Waals surface area contributed by atoms with Crippen LogP contribution >= 0.6 is 27.7 Å². The average molecular weight is 519 g/mol. The van der Waals surface area contributed by atoms with Gasteiger partial charge in [-0.1, -0.05) is 82.3 Å². The molecule has 0 N–H and O–H groups in total. The summed E-state index contributed by atoms with van der Waals surface area (Å²) in [6, 6.07) is 25.4. The highest BCUT2D eigenvalue weighted by molar-refractivity contribution is 9.10. The summed E-state index contributed by atoms with van der Waals surface area (Å²) in [7, 11) is 0. The molecule has 0 unspecified atom stereocenters. The fraction of sp³-hybridized carbons (Fsp3) is 0.115. The Kier molecular flexibility index (Phi) is 6.24. The van der Waals surface area contributed by atoms with Gasteiger partial charge in [0.05, 0.1) is 11.2 Å². The molecule has 2 heterocycles. The zero-order valence-electron chi connectivity index (χ0n) is 17.9. The first-order valence-electron chi connectivity index (χ1n) is 10.6. The second-order valence-electron chi connectivity index (χ2n) is 7.51. The van der Waals surface area contributed by atoms with Gasteiger partial charge in [-0.3, -0.25) is 0 Å². The van der Waals surface area contributed by atoms with E-state index in [0.717, 1.165) is 43.2 Å². The Bertz CT molecular complexity index is 1440. The van der Waals surface area contributed by atoms with Crippen LogP contribution in [-0.2, 0) is 12.3 Å². The minimum Gasteiger partial charge on any atom is -0.302 e. The van der Waals surface area contributed by atoms with Gasteiger partial charge in [-0.15, -0.1) is 10.2 Å². The molecule has 0 amide bonds. The van der Waals surface area contributed by atoms with Crippen LogP contribution in [0.15, 0.2) is 88.5 Å². The Hall–Kier alpha value is -3.03. The van der Waals surface area contributed by atoms with Gasteiger partial charge in [0.15, 0.2) is 11.0 Å². The van der Waals surface area contributed by atoms with E-state index in [-0.39, 0.29) is 5.82 Å². The Morgan fingerprint density at radius 2 is 1.73 bits per heavy atom. The third kappa shape index (κ3) is 4.43. The summed E-state index contributed by atoms with van der Waals surface area (Å²) in [4.78, 5) is 4.88. The van der Waals surface area contributed by atoms with Gasteiger partial charge in [-0.25, -0.2) is 9.37 Å². The molecule has 0 bridgehead atoms. The molecule has 0 radical (unpaired) electrons. The maximum absolute atomic E-state index is 14.3. The number of nitrogens with zero attached hydrogens (tertiary/aromatic N) is 4. The third-order valence-electron chi connectivity index (χ3n) is 5.43. The maximum Gasteiger partial charge on any atom is 0.191 e. The second kappa shape index (κ2) is 9.45. The number of halogens is 2. The number of hydrogen-bond acceptors (Lipinski definition) is 4. The van der Waals surface area contributed by atoms with Gasteiger partial charge in [0.1, 0.15) is 5.82 Å². The van der Waals surface area contributed by atoms with Crippen molar-refractivity contribution in [2.24, 2.45) is 0 Å². The van der Waals surface area contributed by atoms with Crippen LogP contribution in [0.25, 0.3) is 33.5 Å². The summed E-state index contributed by atoms with van der Waals surface area (Å²) in [5.74, 6) is 1.03. The van der Waals surface area contributed by atoms with Crippen molar-refractivity contribution in [2.75, 3.05) is 0 Å². The number of benzene rings is 3. The summed E-state index contributed by atoms with van der Waals surface area (Å²) in [5, 5.41) is 10.8. The zero-order valence-corrected chi connectivity index (χ0v) is 20.3. The molecule has 3 aromatic carbocycles. The normalized spacial score (nSPS) is 11.2. The van der Waals surface area contributed by atoms with Crippen molar-refractivity contribution in [1.29, 1.82) is 0 Å². The van der Waals surface area contributed by atoms with Crippen LogP contribution in [0.4, 0.5) is 4.39 Å². The highest BCUT2D eigenvalue weighted by Gasteiger charge is 2.18. The van der Waals surface area contributed by atoms with Crippen LogP contribution in [0.5, 0.6) is 0 Å². The van der Waals surface area contributed by atoms with E-state index in [4.69, 9.17) is 4.98 Å². The van der Waals surface area contributed by atoms with Crippen LogP contribution in [-0.4, -0.2) is 19.7 Å². The Morgan fingerprint density at radius 1 is 0.939 bits per heavy atom. The molecule has 33 heavy (non-hydrogen) atoms. The quantitative estimate of drug-likeness (QED) is 0.220. The Balaban J connectivity index is 1.57. The number of hydrogen-bond donors (Lipinski definition) is 0. The molecule has 0 spiro atoms. The van der Waals surface area contributed by atoms with E-state index in [9.17, 15) is 4.39 Å². The molecule has 7 heteroatoms. The van der Waals surface area contributed by atoms with Gasteiger partial charge in [0.25, 0.3) is 0 Å². The number of rotatable bonds is 6. The van der Waals surface area contributed by atoms with Crippen LogP contribution in [0.2, 0.25) is 0 Å². The van der Waals surface area contributed by atoms with Gasteiger partial charge in [0, 0.05) is 33.3 Å². The first-order chi connectivity index (χ1) is 16.1. The second-order valence-corrected chi connectivity index (χ2v) is 9.37. The molecular formula is C26H20BrFN4S. The van der Waals surface area contributed by atoms with Crippen LogP contribution in [0.3, 0.4) is 0 Å². The first-order valence-corrected chi connectivity index (χ1v) is 12.4. The molecule has 2 aromatic heterocycles. The summed E-state index contributed by atoms with van der Waals surface area (Å²) < 4.78 is 17.1. The molecule has 0 atom stereocenters. The molecule has 0 aliphatic rings. The average Bonchev–Trinajstić information content (AvgIpc) is 3.26. The molecule has 0 fully saturated rings. The highest BCUT2D eigenvalue weighted by Crippen LogP contribution is 2.33. The van der Waals surface area contributed by atoms with Gasteiger partial charge in [0.2, 0.25) is 0 Å². The SMILES string of the molecule is CCn1c(SCc2ccc(Br)cc2F)nnc1-c1cc(-c2ccccc2)nc2ccccc12. The Morgan fingerprint density at radius 3 is 2.52 bits per heavy atom. The summed E-state index contributed by atoms with van der Waals surface area (Å²) in [5.41, 5.74) is 4.46. The fourth-order valence-corrected chi connectivity index (χ4v) is 5.10. The summed E-state index contributed by atoms with van der Waals surface area (Å²) in [6.45, 7) is 2.77. The number of thioether (sulfide) groups is 1. The van der Waals surface area contributed by atoms with Crippen molar-refractivity contribution < 1.29 is 4.39 Å². The van der Waals surface area contributed by atoms with E-state index in [1.807, 2.05) is 42.5 Å². The number of aromatic nitrogens is 4. The molecule has 5 aromatic rings. The van der Waals surface area contributed by atoms with Crippen LogP contribution < -0.4 is 0 Å². The van der Waals surface area contributed by atoms with Crippen LogP contribution in [0, 0.1) is 5.82 Å². The van der Waals surface area contributed by atoms with E-state index in [0.29, 0.717) is 17.9 Å². The predicted molar refractivity (Wildman–Crippen MR) is 136 cm³/mol. The van der Waals surface area contributed by atoms with Crippen molar-refractivity contribution in [1.82, 2.24) is 19.7 Å². The first kappa shape index (κ1) is 21.8. The van der Waals surface area contributed by atoms with E-state index >= 15 is 0 Å². The topological polar surface area (TPSA) is 43.6 Å². The van der Waals surface area contributed by atoms with Crippen molar-refractivity contribution >= 4 is 38.6 Å². The van der Waals surface area contributed by atoms with Gasteiger partial charge < -0.3 is 4.57 Å². The lowest BCUT2D eigenvalue weighted by Crippen LogP contribution is -2.01. The molecule has 4 nitrogen and oxygen atoms in total. The van der Waals surface area contributed by atoms with E-state index in [2.05, 4.69) is 61.9 Å². The predicted octanol–water partition coefficient (Wildman–Crippen LogP) is 7.37. The number of fused-ring (bicyclic) bond motifs is 1. The molecule has 164 valence electrons. The molecule has 0 aliphatic heterocycles. The molecular weight excluding hydrogens is 499 g/mol. The van der Waals surface area contributed by atoms with Gasteiger partial charge in [-0.2, -0.15) is 0 Å². The smallest absolute Gasteiger partial charge is 0.191 e. The summed E-state index contributed by atoms with van der Waals surface area (Å²) in [6.07, 6.45) is 0. The maximum atomic E-state index is 14.3. The zero-order chi connectivity index (χ0) is 22.8. The lowest BCUT2D eigenvalue weighted by atomic mass is 10.0. The van der Waals surface area contributed by atoms with Gasteiger partial charge >= 0.3 is 0 Å². The molecule has 0 aliphatic carbocycles. The van der Waals surface area contributed by atoms with Gasteiger partial charge in [-0.05, 0) is 36.8 Å². The van der Waals surface area contributed by atoms with Crippen molar-refractivity contribution in [3.8, 4) is 22.6 Å².